The molecule has 0 spiro atoms. The monoisotopic (exact) mass is 658 g/mol. The van der Waals surface area contributed by atoms with Gasteiger partial charge in [-0.05, 0) is 38.5 Å². The van der Waals surface area contributed by atoms with Crippen LogP contribution in [-0.4, -0.2) is 73.5 Å². The minimum Gasteiger partial charge on any atom is -0.548 e. The second-order valence-corrected chi connectivity index (χ2v) is 7.12. The summed E-state index contributed by atoms with van der Waals surface area (Å²) in [6.45, 7) is 1.18. The first-order valence-corrected chi connectivity index (χ1v) is 10.7. The van der Waals surface area contributed by atoms with E-state index >= 15 is 0 Å². The first-order chi connectivity index (χ1) is 16.6. The molecule has 210 valence electrons. The molecule has 0 aliphatic heterocycles. The van der Waals surface area contributed by atoms with Crippen molar-refractivity contribution in [2.24, 2.45) is 66.6 Å². The largest absolute Gasteiger partial charge is 3.00 e. The Hall–Kier alpha value is -2.71. The molecule has 19 heteroatoms. The minimum absolute atomic E-state index is 0. The Kier molecular flexibility index (Phi) is 29.5. The van der Waals surface area contributed by atoms with Crippen LogP contribution in [-0.2, 0) is 14.4 Å². The molecule has 0 saturated heterocycles. The molecule has 0 aliphatic carbocycles. The van der Waals surface area contributed by atoms with Gasteiger partial charge >= 0.3 is 35.6 Å². The summed E-state index contributed by atoms with van der Waals surface area (Å²) < 4.78 is 0. The predicted molar refractivity (Wildman–Crippen MR) is 129 cm³/mol. The van der Waals surface area contributed by atoms with Gasteiger partial charge in [-0.1, -0.05) is 0 Å². The molecule has 0 saturated carbocycles. The van der Waals surface area contributed by atoms with E-state index in [9.17, 15) is 29.7 Å². The Labute approximate surface area is 243 Å². The Morgan fingerprint density at radius 1 is 0.514 bits per heavy atom. The molecule has 0 fully saturated rings. The molecule has 0 unspecified atom stereocenters. The molecule has 18 N–H and O–H groups in total. The van der Waals surface area contributed by atoms with Crippen LogP contribution in [0.4, 0.5) is 0 Å². The molecule has 3 atom stereocenters. The number of hydrogen-bond acceptors (Lipinski definition) is 12. The molecule has 0 aromatic heterocycles. The molecule has 0 aliphatic rings. The Bertz CT molecular complexity index is 631. The number of nitrogens with two attached hydrogens (primary N) is 9. The van der Waals surface area contributed by atoms with Crippen LogP contribution in [0.5, 0.6) is 0 Å². The van der Waals surface area contributed by atoms with Gasteiger partial charge in [-0.2, -0.15) is 0 Å². The fourth-order valence-corrected chi connectivity index (χ4v) is 1.91. The Balaban J connectivity index is -0.000000218. The number of hydrogen-bond donors (Lipinski definition) is 9. The fraction of sp³-hybridized carbons (Fsp3) is 0.667. The van der Waals surface area contributed by atoms with Crippen LogP contribution in [0, 0.1) is 35.6 Å². The normalized spacial score (nSPS) is 11.8. The van der Waals surface area contributed by atoms with Gasteiger partial charge in [-0.3, -0.25) is 15.0 Å². The van der Waals surface area contributed by atoms with Crippen molar-refractivity contribution in [3.05, 3.63) is 0 Å². The van der Waals surface area contributed by atoms with E-state index < -0.39 is 36.0 Å². The number of rotatable bonds is 15. The van der Waals surface area contributed by atoms with Crippen LogP contribution in [0.2, 0.25) is 0 Å². The SMILES string of the molecule is NC(N)=NCCC[C@H](N)C(=O)[O-].NC(N)=NCCC[C@H](N)C(=O)[O-].NC(N)=NCCC[C@H](N)C(=O)[O-].[La+3]. The van der Waals surface area contributed by atoms with E-state index in [-0.39, 0.29) is 53.5 Å². The number of carbonyl (C=O) groups is 3. The van der Waals surface area contributed by atoms with Crippen molar-refractivity contribution < 1.29 is 65.3 Å². The van der Waals surface area contributed by atoms with Gasteiger partial charge < -0.3 is 81.3 Å². The zero-order valence-electron chi connectivity index (χ0n) is 20.7. The maximum absolute atomic E-state index is 10.1. The van der Waals surface area contributed by atoms with Gasteiger partial charge in [-0.25, -0.2) is 0 Å². The van der Waals surface area contributed by atoms with Gasteiger partial charge in [0.05, 0.1) is 17.9 Å². The third-order valence-corrected chi connectivity index (χ3v) is 3.81. The van der Waals surface area contributed by atoms with Gasteiger partial charge in [0, 0.05) is 37.8 Å². The van der Waals surface area contributed by atoms with Crippen molar-refractivity contribution in [2.75, 3.05) is 19.6 Å². The van der Waals surface area contributed by atoms with E-state index in [1.807, 2.05) is 0 Å². The second-order valence-electron chi connectivity index (χ2n) is 7.12. The van der Waals surface area contributed by atoms with Crippen molar-refractivity contribution in [3.63, 3.8) is 0 Å². The van der Waals surface area contributed by atoms with Crippen LogP contribution < -0.4 is 66.9 Å². The molecule has 0 bridgehead atoms. The van der Waals surface area contributed by atoms with Crippen molar-refractivity contribution >= 4 is 35.8 Å². The number of aliphatic imine (C=N–C) groups is 3. The van der Waals surface area contributed by atoms with Gasteiger partial charge in [-0.15, -0.1) is 0 Å². The third-order valence-electron chi connectivity index (χ3n) is 3.81. The van der Waals surface area contributed by atoms with Gasteiger partial charge in [0.15, 0.2) is 17.9 Å². The van der Waals surface area contributed by atoms with Gasteiger partial charge in [0.25, 0.3) is 0 Å². The van der Waals surface area contributed by atoms with Crippen LogP contribution in [0.15, 0.2) is 15.0 Å². The molecule has 0 rings (SSSR count). The third kappa shape index (κ3) is 35.5. The van der Waals surface area contributed by atoms with Gasteiger partial charge in [0.1, 0.15) is 0 Å². The summed E-state index contributed by atoms with van der Waals surface area (Å²) in [4.78, 5) is 41.3. The maximum atomic E-state index is 10.1. The summed E-state index contributed by atoms with van der Waals surface area (Å²) in [7, 11) is 0. The van der Waals surface area contributed by atoms with E-state index in [1.54, 1.807) is 0 Å². The van der Waals surface area contributed by atoms with Crippen molar-refractivity contribution in [1.82, 2.24) is 0 Å². The van der Waals surface area contributed by atoms with Crippen LogP contribution in [0.25, 0.3) is 0 Å². The van der Waals surface area contributed by atoms with Gasteiger partial charge in [0.2, 0.25) is 0 Å². The zero-order valence-corrected chi connectivity index (χ0v) is 24.3. The predicted octanol–water partition coefficient (Wildman–Crippen LogP) is -8.65. The summed E-state index contributed by atoms with van der Waals surface area (Å²) in [5.74, 6) is -3.76. The smallest absolute Gasteiger partial charge is 0.548 e. The Morgan fingerprint density at radius 3 is 0.838 bits per heavy atom. The number of carbonyl (C=O) groups excluding carboxylic acids is 3. The van der Waals surface area contributed by atoms with Crippen molar-refractivity contribution in [1.29, 1.82) is 0 Å². The number of carboxylic acids is 3. The first kappa shape index (κ1) is 41.4. The minimum atomic E-state index is -1.25. The standard InChI is InChI=1S/3C6H14N4O2.La/c3*7-4(5(11)12)2-1-3-10-6(8)9;/h3*4H,1-3,7H2,(H,11,12)(H4,8,9,10);/q;;;+3/p-3/t3*4-;/m000./s1. The fourth-order valence-electron chi connectivity index (χ4n) is 1.91. The summed E-state index contributed by atoms with van der Waals surface area (Å²) in [5.41, 5.74) is 45.7. The topological polar surface area (TPSA) is 392 Å². The van der Waals surface area contributed by atoms with Crippen molar-refractivity contribution in [3.8, 4) is 0 Å². The molecule has 0 aromatic rings. The van der Waals surface area contributed by atoms with Crippen molar-refractivity contribution in [2.45, 2.75) is 56.7 Å². The average Bonchev–Trinajstić information content (AvgIpc) is 2.76. The van der Waals surface area contributed by atoms with Crippen LogP contribution in [0.3, 0.4) is 0 Å². The van der Waals surface area contributed by atoms with E-state index in [0.717, 1.165) is 0 Å². The summed E-state index contributed by atoms with van der Waals surface area (Å²) in [5, 5.41) is 30.3. The molecule has 0 radical (unpaired) electrons. The van der Waals surface area contributed by atoms with Crippen LogP contribution >= 0.6 is 0 Å². The maximum Gasteiger partial charge on any atom is 3.00 e. The number of guanidine groups is 3. The molecular formula is C18H39LaN12O6. The zero-order chi connectivity index (χ0) is 28.7. The average molecular weight is 658 g/mol. The van der Waals surface area contributed by atoms with E-state index in [1.165, 1.54) is 0 Å². The molecule has 37 heavy (non-hydrogen) atoms. The molecule has 18 nitrogen and oxygen atoms in total. The quantitative estimate of drug-likeness (QED) is 0.0448. The molecule has 0 amide bonds. The van der Waals surface area contributed by atoms with E-state index in [4.69, 9.17) is 51.6 Å². The molecule has 0 aromatic carbocycles. The molecule has 0 heterocycles. The van der Waals surface area contributed by atoms with E-state index in [2.05, 4.69) is 15.0 Å². The second kappa shape index (κ2) is 26.4. The number of nitrogens with zero attached hydrogens (tertiary/aromatic N) is 3. The number of aliphatic carboxylic acids is 3. The summed E-state index contributed by atoms with van der Waals surface area (Å²) in [6, 6.07) is -2.79. The van der Waals surface area contributed by atoms with Crippen LogP contribution in [0.1, 0.15) is 38.5 Å². The molecular weight excluding hydrogens is 619 g/mol. The first-order valence-electron chi connectivity index (χ1n) is 10.7. The summed E-state index contributed by atoms with van der Waals surface area (Å²) >= 11 is 0. The summed E-state index contributed by atoms with van der Waals surface area (Å²) in [6.07, 6.45) is 2.56. The number of carboxylic acid groups (broad SMARTS) is 3. The van der Waals surface area contributed by atoms with E-state index in [0.29, 0.717) is 58.2 Å². The Morgan fingerprint density at radius 2 is 0.703 bits per heavy atom.